The third-order valence-electron chi connectivity index (χ3n) is 4.94. The Morgan fingerprint density at radius 1 is 0.967 bits per heavy atom. The number of hydrogen-bond donors (Lipinski definition) is 1. The number of esters is 1. The van der Waals surface area contributed by atoms with Crippen LogP contribution in [0, 0.1) is 5.82 Å². The smallest absolute Gasteiger partial charge is 0.333 e. The minimum Gasteiger partial charge on any atom is -0.462 e. The lowest BCUT2D eigenvalue weighted by Crippen LogP contribution is -2.07. The highest BCUT2D eigenvalue weighted by Gasteiger charge is 2.11. The molecule has 154 valence electrons. The molecule has 0 aliphatic heterocycles. The van der Waals surface area contributed by atoms with E-state index in [1.54, 1.807) is 19.1 Å². The number of halogens is 1. The second-order valence-electron chi connectivity index (χ2n) is 7.22. The maximum absolute atomic E-state index is 14.9. The summed E-state index contributed by atoms with van der Waals surface area (Å²) in [6, 6.07) is 20.4. The number of ether oxygens (including phenoxy) is 1. The van der Waals surface area contributed by atoms with Crippen LogP contribution in [0.25, 0.3) is 22.3 Å². The predicted molar refractivity (Wildman–Crippen MR) is 117 cm³/mol. The van der Waals surface area contributed by atoms with E-state index in [1.165, 1.54) is 0 Å². The summed E-state index contributed by atoms with van der Waals surface area (Å²) in [5.74, 6) is -0.707. The maximum atomic E-state index is 14.9. The molecule has 0 heterocycles. The van der Waals surface area contributed by atoms with Gasteiger partial charge in [-0.15, -0.1) is 0 Å². The van der Waals surface area contributed by atoms with Gasteiger partial charge in [-0.25, -0.2) is 9.18 Å². The van der Waals surface area contributed by atoms with E-state index < -0.39 is 5.97 Å². The predicted octanol–water partition coefficient (Wildman–Crippen LogP) is 5.70. The Kier molecular flexibility index (Phi) is 7.15. The van der Waals surface area contributed by atoms with E-state index in [0.717, 1.165) is 27.8 Å². The highest BCUT2D eigenvalue weighted by molar-refractivity contribution is 5.86. The van der Waals surface area contributed by atoms with Gasteiger partial charge in [-0.3, -0.25) is 0 Å². The first-order chi connectivity index (χ1) is 14.5. The molecule has 3 aromatic carbocycles. The molecule has 0 fully saturated rings. The molecule has 0 spiro atoms. The molecular formula is C26H25FO3. The Labute approximate surface area is 176 Å². The van der Waals surface area contributed by atoms with Crippen LogP contribution in [-0.4, -0.2) is 17.7 Å². The first-order valence-corrected chi connectivity index (χ1v) is 9.90. The number of aliphatic hydroxyl groups is 1. The third kappa shape index (κ3) is 5.22. The van der Waals surface area contributed by atoms with Gasteiger partial charge in [0.25, 0.3) is 0 Å². The molecule has 1 N–H and O–H groups in total. The fraction of sp³-hybridized carbons (Fsp3) is 0.192. The lowest BCUT2D eigenvalue weighted by Gasteiger charge is -2.12. The summed E-state index contributed by atoms with van der Waals surface area (Å²) in [6.45, 7) is 5.32. The van der Waals surface area contributed by atoms with Crippen LogP contribution >= 0.6 is 0 Å². The van der Waals surface area contributed by atoms with E-state index in [2.05, 4.69) is 6.58 Å². The van der Waals surface area contributed by atoms with Crippen molar-refractivity contribution in [2.75, 3.05) is 6.61 Å². The molecule has 0 saturated heterocycles. The Hall–Kier alpha value is -3.24. The normalized spacial score (nSPS) is 10.6. The van der Waals surface area contributed by atoms with E-state index in [-0.39, 0.29) is 19.0 Å². The fourth-order valence-corrected chi connectivity index (χ4v) is 3.29. The van der Waals surface area contributed by atoms with Crippen LogP contribution in [0.1, 0.15) is 24.5 Å². The van der Waals surface area contributed by atoms with Crippen molar-refractivity contribution in [3.05, 3.63) is 95.8 Å². The van der Waals surface area contributed by atoms with Crippen LogP contribution in [0.3, 0.4) is 0 Å². The molecule has 0 aliphatic rings. The molecule has 0 atom stereocenters. The van der Waals surface area contributed by atoms with Gasteiger partial charge in [-0.2, -0.15) is 0 Å². The molecular weight excluding hydrogens is 379 g/mol. The summed E-state index contributed by atoms with van der Waals surface area (Å²) in [5.41, 5.74) is 5.10. The van der Waals surface area contributed by atoms with E-state index in [0.29, 0.717) is 24.0 Å². The summed E-state index contributed by atoms with van der Waals surface area (Å²) in [5, 5.41) is 9.64. The SMILES string of the molecule is C=C(C)C(=O)OCCCc1cc(-c2ccc(-c3ccccc3)cc2F)ccc1CO. The van der Waals surface area contributed by atoms with Crippen molar-refractivity contribution in [3.63, 3.8) is 0 Å². The molecule has 3 nitrogen and oxygen atoms in total. The molecule has 0 amide bonds. The van der Waals surface area contributed by atoms with Crippen molar-refractivity contribution in [1.29, 1.82) is 0 Å². The van der Waals surface area contributed by atoms with Crippen LogP contribution < -0.4 is 0 Å². The van der Waals surface area contributed by atoms with Crippen molar-refractivity contribution < 1.29 is 19.0 Å². The highest BCUT2D eigenvalue weighted by Crippen LogP contribution is 2.29. The van der Waals surface area contributed by atoms with Gasteiger partial charge >= 0.3 is 5.97 Å². The Morgan fingerprint density at radius 2 is 1.70 bits per heavy atom. The molecule has 0 aromatic heterocycles. The summed E-state index contributed by atoms with van der Waals surface area (Å²) in [4.78, 5) is 11.5. The molecule has 0 saturated carbocycles. The van der Waals surface area contributed by atoms with Crippen LogP contribution in [0.4, 0.5) is 4.39 Å². The summed E-state index contributed by atoms with van der Waals surface area (Å²) in [6.07, 6.45) is 1.21. The van der Waals surface area contributed by atoms with E-state index in [9.17, 15) is 14.3 Å². The quantitative estimate of drug-likeness (QED) is 0.297. The standard InChI is InChI=1S/C26H25FO3/c1-18(2)26(29)30-14-6-9-20-15-22(10-11-23(20)17-28)24-13-12-21(16-25(24)27)19-7-4-3-5-8-19/h3-5,7-8,10-13,15-16,28H,1,6,9,14,17H2,2H3. The Morgan fingerprint density at radius 3 is 2.37 bits per heavy atom. The molecule has 0 unspecified atom stereocenters. The number of carbonyl (C=O) groups is 1. The second-order valence-corrected chi connectivity index (χ2v) is 7.22. The fourth-order valence-electron chi connectivity index (χ4n) is 3.29. The summed E-state index contributed by atoms with van der Waals surface area (Å²) >= 11 is 0. The lowest BCUT2D eigenvalue weighted by atomic mass is 9.95. The second kappa shape index (κ2) is 9.99. The van der Waals surface area contributed by atoms with Crippen molar-refractivity contribution >= 4 is 5.97 Å². The van der Waals surface area contributed by atoms with E-state index >= 15 is 0 Å². The number of rotatable bonds is 8. The van der Waals surface area contributed by atoms with Crippen LogP contribution in [0.5, 0.6) is 0 Å². The molecule has 30 heavy (non-hydrogen) atoms. The van der Waals surface area contributed by atoms with Crippen molar-refractivity contribution in [3.8, 4) is 22.3 Å². The van der Waals surface area contributed by atoms with Crippen molar-refractivity contribution in [2.45, 2.75) is 26.4 Å². The topological polar surface area (TPSA) is 46.5 Å². The monoisotopic (exact) mass is 404 g/mol. The van der Waals surface area contributed by atoms with Gasteiger partial charge in [0.05, 0.1) is 13.2 Å². The summed E-state index contributed by atoms with van der Waals surface area (Å²) in [7, 11) is 0. The Balaban J connectivity index is 1.78. The molecule has 0 bridgehead atoms. The average Bonchev–Trinajstić information content (AvgIpc) is 2.77. The molecule has 0 aliphatic carbocycles. The molecule has 4 heteroatoms. The van der Waals surface area contributed by atoms with Crippen LogP contribution in [0.15, 0.2) is 78.9 Å². The lowest BCUT2D eigenvalue weighted by molar-refractivity contribution is -0.139. The zero-order valence-corrected chi connectivity index (χ0v) is 17.0. The van der Waals surface area contributed by atoms with Gasteiger partial charge in [0.2, 0.25) is 0 Å². The zero-order valence-electron chi connectivity index (χ0n) is 17.0. The number of benzene rings is 3. The van der Waals surface area contributed by atoms with Gasteiger partial charge in [0.1, 0.15) is 5.82 Å². The average molecular weight is 404 g/mol. The highest BCUT2D eigenvalue weighted by atomic mass is 19.1. The third-order valence-corrected chi connectivity index (χ3v) is 4.94. The first kappa shape index (κ1) is 21.5. The Bertz CT molecular complexity index is 1040. The van der Waals surface area contributed by atoms with Gasteiger partial charge in [0.15, 0.2) is 0 Å². The molecule has 0 radical (unpaired) electrons. The maximum Gasteiger partial charge on any atom is 0.333 e. The van der Waals surface area contributed by atoms with E-state index in [4.69, 9.17) is 4.74 Å². The largest absolute Gasteiger partial charge is 0.462 e. The number of aliphatic hydroxyl groups excluding tert-OH is 1. The number of hydrogen-bond acceptors (Lipinski definition) is 3. The van der Waals surface area contributed by atoms with Gasteiger partial charge in [0, 0.05) is 11.1 Å². The minimum atomic E-state index is -0.410. The van der Waals surface area contributed by atoms with Crippen molar-refractivity contribution in [1.82, 2.24) is 0 Å². The number of aryl methyl sites for hydroxylation is 1. The van der Waals surface area contributed by atoms with E-state index in [1.807, 2.05) is 54.6 Å². The van der Waals surface area contributed by atoms with Gasteiger partial charge in [-0.05, 0) is 53.6 Å². The summed E-state index contributed by atoms with van der Waals surface area (Å²) < 4.78 is 20.0. The van der Waals surface area contributed by atoms with Crippen molar-refractivity contribution in [2.24, 2.45) is 0 Å². The first-order valence-electron chi connectivity index (χ1n) is 9.90. The van der Waals surface area contributed by atoms with Crippen LogP contribution in [-0.2, 0) is 22.6 Å². The number of carbonyl (C=O) groups excluding carboxylic acids is 1. The van der Waals surface area contributed by atoms with Crippen LogP contribution in [0.2, 0.25) is 0 Å². The van der Waals surface area contributed by atoms with Gasteiger partial charge in [-0.1, -0.05) is 67.2 Å². The van der Waals surface area contributed by atoms with Gasteiger partial charge < -0.3 is 9.84 Å². The zero-order chi connectivity index (χ0) is 21.5. The molecule has 3 rings (SSSR count). The molecule has 3 aromatic rings. The minimum absolute atomic E-state index is 0.101.